The van der Waals surface area contributed by atoms with Crippen molar-refractivity contribution < 1.29 is 29.0 Å². The molecule has 4 atom stereocenters. The summed E-state index contributed by atoms with van der Waals surface area (Å²) < 4.78 is 14.4. The number of likely N-dealkylation sites (tertiary alicyclic amines) is 2. The molecule has 2 aliphatic carbocycles. The zero-order chi connectivity index (χ0) is 54.5. The van der Waals surface area contributed by atoms with Gasteiger partial charge in [0.05, 0.1) is 74.7 Å². The standard InChI is InChI=1S/C60H72ClN9O7S/c1-36-53(78-35-62-36)41-18-16-40(17-19-41)47(33-77-34-51(72)76-5)63-55(73)50-29-43(71)31-68(50)57(75)54(59(2,3)4)69-32-46(65-66-69)39-14-12-37(13-15-39)30-67-26-22-38(23-27-67)42-20-21-44-49(28-42)70-48-11-9-10-45(61)52(48)56(74)64-58(70)60(44)24-7-6-8-25-60/h9-11,16-21,28,32,35,37-39,43,47,50,54,71H,6-8,12-15,22-27,29-31,33-34H2,1-5H3,(H,63,73)/t37?,39?,43-,47+,50+,54-/m1/s1. The fourth-order valence-corrected chi connectivity index (χ4v) is 14.7. The largest absolute Gasteiger partial charge is 0.467 e. The van der Waals surface area contributed by atoms with Crippen LogP contribution in [0.15, 0.2) is 77.2 Å². The predicted octanol–water partition coefficient (Wildman–Crippen LogP) is 9.38. The maximum atomic E-state index is 14.8. The molecule has 2 saturated carbocycles. The summed E-state index contributed by atoms with van der Waals surface area (Å²) in [5.41, 5.74) is 8.93. The lowest BCUT2D eigenvalue weighted by molar-refractivity contribution is -0.147. The van der Waals surface area contributed by atoms with E-state index in [1.54, 1.807) is 27.6 Å². The molecule has 1 spiro atoms. The average molecular weight is 1100 g/mol. The molecule has 2 N–H and O–H groups in total. The Kier molecular flexibility index (Phi) is 15.5. The van der Waals surface area contributed by atoms with Crippen LogP contribution in [0.1, 0.15) is 156 Å². The molecule has 11 rings (SSSR count). The maximum Gasteiger partial charge on any atom is 0.331 e. The molecule has 412 valence electrons. The number of aromatic nitrogens is 6. The number of thiazole rings is 1. The van der Waals surface area contributed by atoms with E-state index in [0.29, 0.717) is 22.2 Å². The number of aliphatic hydroxyl groups is 1. The number of ether oxygens (including phenoxy) is 2. The Bertz CT molecular complexity index is 3240. The molecule has 18 heteroatoms. The molecular formula is C60H72ClN9O7S. The summed E-state index contributed by atoms with van der Waals surface area (Å²) in [4.78, 5) is 69.0. The van der Waals surface area contributed by atoms with Crippen LogP contribution >= 0.6 is 22.9 Å². The van der Waals surface area contributed by atoms with E-state index in [2.05, 4.69) is 48.3 Å². The summed E-state index contributed by atoms with van der Waals surface area (Å²) in [6.45, 7) is 10.8. The maximum absolute atomic E-state index is 14.8. The van der Waals surface area contributed by atoms with Crippen molar-refractivity contribution in [3.63, 3.8) is 0 Å². The van der Waals surface area contributed by atoms with Gasteiger partial charge in [-0.1, -0.05) is 99.3 Å². The summed E-state index contributed by atoms with van der Waals surface area (Å²) in [5, 5.41) is 24.3. The number of carbonyl (C=O) groups is 3. The van der Waals surface area contributed by atoms with Crippen LogP contribution in [0, 0.1) is 18.3 Å². The van der Waals surface area contributed by atoms with Crippen molar-refractivity contribution in [2.24, 2.45) is 11.3 Å². The second-order valence-electron chi connectivity index (χ2n) is 23.8. The fraction of sp³-hybridized carbons (Fsp3) is 0.533. The van der Waals surface area contributed by atoms with Gasteiger partial charge in [0.25, 0.3) is 5.56 Å². The minimum absolute atomic E-state index is 0.00144. The molecule has 0 unspecified atom stereocenters. The molecule has 3 aromatic carbocycles. The predicted molar refractivity (Wildman–Crippen MR) is 300 cm³/mol. The van der Waals surface area contributed by atoms with Crippen molar-refractivity contribution in [2.75, 3.05) is 46.5 Å². The van der Waals surface area contributed by atoms with Gasteiger partial charge in [0.1, 0.15) is 24.5 Å². The molecular weight excluding hydrogens is 1030 g/mol. The van der Waals surface area contributed by atoms with Gasteiger partial charge in [0.15, 0.2) is 0 Å². The quantitative estimate of drug-likeness (QED) is 0.0986. The molecule has 78 heavy (non-hydrogen) atoms. The number of aryl methyl sites for hydroxylation is 1. The lowest BCUT2D eigenvalue weighted by Gasteiger charge is -2.37. The molecule has 2 amide bonds. The van der Waals surface area contributed by atoms with E-state index in [1.165, 1.54) is 29.6 Å². The Morgan fingerprint density at radius 3 is 2.42 bits per heavy atom. The van der Waals surface area contributed by atoms with E-state index in [0.717, 1.165) is 128 Å². The summed E-state index contributed by atoms with van der Waals surface area (Å²) >= 11 is 8.20. The lowest BCUT2D eigenvalue weighted by Crippen LogP contribution is -2.51. The molecule has 2 saturated heterocycles. The number of amides is 2. The van der Waals surface area contributed by atoms with Gasteiger partial charge in [0.2, 0.25) is 11.8 Å². The normalized spacial score (nSPS) is 22.3. The number of piperidine rings is 1. The molecule has 5 aliphatic rings. The molecule has 0 bridgehead atoms. The van der Waals surface area contributed by atoms with E-state index in [1.807, 2.05) is 70.3 Å². The lowest BCUT2D eigenvalue weighted by atomic mass is 9.69. The Labute approximate surface area is 464 Å². The number of β-amino-alcohol motifs (C(OH)–C–C–N with tert-alkyl or cyclic N) is 1. The second-order valence-corrected chi connectivity index (χ2v) is 25.0. The number of halogens is 1. The summed E-state index contributed by atoms with van der Waals surface area (Å²) in [7, 11) is 1.29. The van der Waals surface area contributed by atoms with E-state index < -0.39 is 41.5 Å². The Balaban J connectivity index is 0.714. The summed E-state index contributed by atoms with van der Waals surface area (Å²) in [5.74, 6) is 0.866. The SMILES string of the molecule is COC(=O)COC[C@H](NC(=O)[C@@H]1C[C@@H](O)CN1C(=O)[C@@H](n1cc(C2CCC(CN3CCC(c4ccc5c(c4)-n4c(nc(=O)c6c(Cl)cccc64)C54CCCCC4)CC3)CC2)nn1)C(C)(C)C)c1ccc(-c2scnc2C)cc1. The van der Waals surface area contributed by atoms with Crippen LogP contribution in [0.25, 0.3) is 27.0 Å². The second kappa shape index (κ2) is 22.4. The number of hydrogen-bond acceptors (Lipinski definition) is 13. The third-order valence-electron chi connectivity index (χ3n) is 17.7. The van der Waals surface area contributed by atoms with E-state index >= 15 is 0 Å². The molecule has 6 aromatic rings. The van der Waals surface area contributed by atoms with Crippen molar-refractivity contribution in [3.8, 4) is 16.1 Å². The first-order valence-corrected chi connectivity index (χ1v) is 29.3. The average Bonchev–Trinajstić information content (AvgIpc) is 4.32. The van der Waals surface area contributed by atoms with Crippen molar-refractivity contribution >= 4 is 51.6 Å². The third kappa shape index (κ3) is 10.6. The minimum atomic E-state index is -0.955. The fourth-order valence-electron chi connectivity index (χ4n) is 13.6. The monoisotopic (exact) mass is 1100 g/mol. The third-order valence-corrected chi connectivity index (χ3v) is 19.0. The number of methoxy groups -OCH3 is 1. The van der Waals surface area contributed by atoms with Crippen molar-refractivity contribution in [2.45, 2.75) is 146 Å². The van der Waals surface area contributed by atoms with Gasteiger partial charge in [-0.3, -0.25) is 19.0 Å². The first kappa shape index (κ1) is 54.1. The van der Waals surface area contributed by atoms with Gasteiger partial charge in [-0.05, 0) is 129 Å². The molecule has 6 heterocycles. The number of carbonyl (C=O) groups excluding carboxylic acids is 3. The van der Waals surface area contributed by atoms with Crippen LogP contribution in [0.5, 0.6) is 0 Å². The molecule has 0 radical (unpaired) electrons. The van der Waals surface area contributed by atoms with E-state index in [4.69, 9.17) is 26.1 Å². The number of esters is 1. The molecule has 3 aromatic heterocycles. The van der Waals surface area contributed by atoms with Crippen molar-refractivity contribution in [1.29, 1.82) is 0 Å². The molecule has 3 aliphatic heterocycles. The minimum Gasteiger partial charge on any atom is -0.467 e. The topological polar surface area (TPSA) is 187 Å². The number of aliphatic hydroxyl groups excluding tert-OH is 1. The zero-order valence-corrected chi connectivity index (χ0v) is 47.0. The van der Waals surface area contributed by atoms with Gasteiger partial charge in [-0.15, -0.1) is 16.4 Å². The van der Waals surface area contributed by atoms with Crippen molar-refractivity contribution in [1.82, 2.24) is 44.6 Å². The van der Waals surface area contributed by atoms with Crippen LogP contribution in [-0.4, -0.2) is 121 Å². The summed E-state index contributed by atoms with van der Waals surface area (Å²) in [6.07, 6.45) is 12.9. The molecule has 4 fully saturated rings. The highest BCUT2D eigenvalue weighted by atomic mass is 35.5. The number of hydrogen-bond donors (Lipinski definition) is 2. The van der Waals surface area contributed by atoms with Crippen molar-refractivity contribution in [3.05, 3.63) is 122 Å². The smallest absolute Gasteiger partial charge is 0.331 e. The number of nitrogens with zero attached hydrogens (tertiary/aromatic N) is 8. The van der Waals surface area contributed by atoms with Crippen LogP contribution in [0.4, 0.5) is 0 Å². The van der Waals surface area contributed by atoms with E-state index in [-0.39, 0.29) is 49.0 Å². The number of rotatable bonds is 14. The highest BCUT2D eigenvalue weighted by Gasteiger charge is 2.48. The first-order chi connectivity index (χ1) is 37.6. The van der Waals surface area contributed by atoms with Crippen LogP contribution in [-0.2, 0) is 29.3 Å². The van der Waals surface area contributed by atoms with Gasteiger partial charge in [-0.2, -0.15) is 4.98 Å². The Morgan fingerprint density at radius 1 is 0.962 bits per heavy atom. The van der Waals surface area contributed by atoms with Gasteiger partial charge in [0, 0.05) is 31.6 Å². The zero-order valence-electron chi connectivity index (χ0n) is 45.5. The van der Waals surface area contributed by atoms with Gasteiger partial charge in [-0.25, -0.2) is 14.5 Å². The van der Waals surface area contributed by atoms with Crippen LogP contribution in [0.3, 0.4) is 0 Å². The van der Waals surface area contributed by atoms with E-state index in [9.17, 15) is 24.3 Å². The van der Waals surface area contributed by atoms with Crippen LogP contribution < -0.4 is 10.9 Å². The van der Waals surface area contributed by atoms with Gasteiger partial charge >= 0.3 is 5.97 Å². The number of benzene rings is 3. The Hall–Kier alpha value is -5.85. The highest BCUT2D eigenvalue weighted by molar-refractivity contribution is 7.13. The molecule has 16 nitrogen and oxygen atoms in total. The van der Waals surface area contributed by atoms with Crippen LogP contribution in [0.2, 0.25) is 5.02 Å². The Morgan fingerprint density at radius 2 is 1.72 bits per heavy atom. The first-order valence-electron chi connectivity index (χ1n) is 28.0. The highest BCUT2D eigenvalue weighted by Crippen LogP contribution is 2.52. The number of fused-ring (bicyclic) bond motifs is 7. The number of nitrogens with one attached hydrogen (secondary N) is 1. The summed E-state index contributed by atoms with van der Waals surface area (Å²) in [6, 6.07) is 18.2. The van der Waals surface area contributed by atoms with Gasteiger partial charge < -0.3 is 29.7 Å².